The summed E-state index contributed by atoms with van der Waals surface area (Å²) in [6.45, 7) is -0.0721. The van der Waals surface area contributed by atoms with Crippen LogP contribution < -0.4 is 5.32 Å². The van der Waals surface area contributed by atoms with Crippen LogP contribution in [-0.2, 0) is 4.79 Å². The van der Waals surface area contributed by atoms with Gasteiger partial charge >= 0.3 is 12.0 Å². The number of likely N-dealkylation sites (N-methyl/N-ethyl adjacent to an activating group) is 2. The molecule has 7 nitrogen and oxygen atoms in total. The van der Waals surface area contributed by atoms with Gasteiger partial charge < -0.3 is 25.3 Å². The molecule has 0 saturated heterocycles. The number of aliphatic hydroxyl groups excluding tert-OH is 1. The van der Waals surface area contributed by atoms with Crippen molar-refractivity contribution in [1.29, 1.82) is 0 Å². The number of hydrogen-bond donors (Lipinski definition) is 3. The summed E-state index contributed by atoms with van der Waals surface area (Å²) in [6.07, 6.45) is 3.20. The second-order valence-corrected chi connectivity index (χ2v) is 5.35. The molecular weight excluding hydrogens is 250 g/mol. The zero-order chi connectivity index (χ0) is 14.6. The van der Waals surface area contributed by atoms with Crippen LogP contribution in [0.3, 0.4) is 0 Å². The van der Waals surface area contributed by atoms with Gasteiger partial charge in [-0.1, -0.05) is 0 Å². The highest BCUT2D eigenvalue weighted by atomic mass is 16.4. The minimum Gasteiger partial charge on any atom is -0.480 e. The molecule has 0 bridgehead atoms. The monoisotopic (exact) mass is 273 g/mol. The van der Waals surface area contributed by atoms with E-state index in [1.165, 1.54) is 4.90 Å². The molecule has 19 heavy (non-hydrogen) atoms. The van der Waals surface area contributed by atoms with Crippen LogP contribution in [0.15, 0.2) is 0 Å². The lowest BCUT2D eigenvalue weighted by Gasteiger charge is -2.49. The minimum absolute atomic E-state index is 0.00990. The van der Waals surface area contributed by atoms with Crippen molar-refractivity contribution >= 4 is 12.0 Å². The number of hydrogen-bond acceptors (Lipinski definition) is 4. The number of nitrogens with zero attached hydrogens (tertiary/aromatic N) is 2. The second kappa shape index (κ2) is 6.21. The standard InChI is InChI=1S/C12H23N3O4/c1-14(2)12(5-4-6-12)8-15(3)11(19)13-9(7-16)10(17)18/h9,16H,4-8H2,1-3H3,(H,13,19)(H,17,18). The molecule has 1 unspecified atom stereocenters. The number of aliphatic hydroxyl groups is 1. The molecule has 110 valence electrons. The maximum atomic E-state index is 11.9. The van der Waals surface area contributed by atoms with Crippen LogP contribution in [-0.4, -0.2) is 77.9 Å². The summed E-state index contributed by atoms with van der Waals surface area (Å²) >= 11 is 0. The Kier molecular flexibility index (Phi) is 5.13. The molecular formula is C12H23N3O4. The Balaban J connectivity index is 2.55. The summed E-state index contributed by atoms with van der Waals surface area (Å²) in [5, 5.41) is 20.0. The van der Waals surface area contributed by atoms with E-state index in [-0.39, 0.29) is 5.54 Å². The normalized spacial score (nSPS) is 18.6. The molecule has 0 spiro atoms. The maximum absolute atomic E-state index is 11.9. The molecule has 1 atom stereocenters. The van der Waals surface area contributed by atoms with Gasteiger partial charge in [-0.25, -0.2) is 9.59 Å². The van der Waals surface area contributed by atoms with Crippen LogP contribution in [0.4, 0.5) is 4.79 Å². The Morgan fingerprint density at radius 1 is 1.32 bits per heavy atom. The SMILES string of the molecule is CN(CC1(N(C)C)CCC1)C(=O)NC(CO)C(=O)O. The molecule has 0 aromatic carbocycles. The fraction of sp³-hybridized carbons (Fsp3) is 0.833. The highest BCUT2D eigenvalue weighted by molar-refractivity contribution is 5.82. The zero-order valence-electron chi connectivity index (χ0n) is 11.7. The Labute approximate surface area is 113 Å². The number of carboxylic acid groups (broad SMARTS) is 1. The summed E-state index contributed by atoms with van der Waals surface area (Å²) in [5.41, 5.74) is -0.00990. The highest BCUT2D eigenvalue weighted by Crippen LogP contribution is 2.36. The molecule has 1 aliphatic carbocycles. The van der Waals surface area contributed by atoms with E-state index in [1.54, 1.807) is 7.05 Å². The van der Waals surface area contributed by atoms with Crippen LogP contribution >= 0.6 is 0 Å². The molecule has 0 aliphatic heterocycles. The van der Waals surface area contributed by atoms with E-state index in [1.807, 2.05) is 14.1 Å². The van der Waals surface area contributed by atoms with E-state index in [9.17, 15) is 9.59 Å². The molecule has 7 heteroatoms. The molecule has 1 rings (SSSR count). The summed E-state index contributed by atoms with van der Waals surface area (Å²) < 4.78 is 0. The van der Waals surface area contributed by atoms with E-state index in [0.717, 1.165) is 19.3 Å². The topological polar surface area (TPSA) is 93.1 Å². The molecule has 1 saturated carbocycles. The molecule has 0 radical (unpaired) electrons. The Morgan fingerprint density at radius 2 is 1.89 bits per heavy atom. The van der Waals surface area contributed by atoms with E-state index in [4.69, 9.17) is 10.2 Å². The number of carbonyl (C=O) groups excluding carboxylic acids is 1. The second-order valence-electron chi connectivity index (χ2n) is 5.35. The fourth-order valence-corrected chi connectivity index (χ4v) is 2.29. The predicted octanol–water partition coefficient (Wildman–Crippen LogP) is -0.442. The van der Waals surface area contributed by atoms with Crippen molar-refractivity contribution in [3.05, 3.63) is 0 Å². The average molecular weight is 273 g/mol. The third-order valence-electron chi connectivity index (χ3n) is 3.89. The largest absolute Gasteiger partial charge is 0.480 e. The van der Waals surface area contributed by atoms with Gasteiger partial charge in [-0.2, -0.15) is 0 Å². The zero-order valence-corrected chi connectivity index (χ0v) is 11.7. The van der Waals surface area contributed by atoms with E-state index in [0.29, 0.717) is 6.54 Å². The van der Waals surface area contributed by atoms with Gasteiger partial charge in [0, 0.05) is 19.1 Å². The van der Waals surface area contributed by atoms with Gasteiger partial charge in [0.1, 0.15) is 0 Å². The van der Waals surface area contributed by atoms with Crippen molar-refractivity contribution in [2.24, 2.45) is 0 Å². The Morgan fingerprint density at radius 3 is 2.21 bits per heavy atom. The number of amides is 2. The van der Waals surface area contributed by atoms with Crippen LogP contribution in [0.25, 0.3) is 0 Å². The number of aliphatic carboxylic acids is 1. The number of rotatable bonds is 6. The first-order chi connectivity index (χ1) is 8.82. The Hall–Kier alpha value is -1.34. The minimum atomic E-state index is -1.26. The summed E-state index contributed by atoms with van der Waals surface area (Å²) in [4.78, 5) is 26.2. The first-order valence-corrected chi connectivity index (χ1v) is 6.35. The molecule has 1 fully saturated rings. The third kappa shape index (κ3) is 3.57. The number of carboxylic acids is 1. The van der Waals surface area contributed by atoms with Gasteiger partial charge in [-0.05, 0) is 33.4 Å². The Bertz CT molecular complexity index is 342. The van der Waals surface area contributed by atoms with E-state index in [2.05, 4.69) is 10.2 Å². The predicted molar refractivity (Wildman–Crippen MR) is 69.9 cm³/mol. The molecule has 2 amide bonds. The average Bonchev–Trinajstić information content (AvgIpc) is 2.28. The van der Waals surface area contributed by atoms with Crippen molar-refractivity contribution in [2.75, 3.05) is 34.3 Å². The smallest absolute Gasteiger partial charge is 0.328 e. The van der Waals surface area contributed by atoms with Gasteiger partial charge in [-0.15, -0.1) is 0 Å². The van der Waals surface area contributed by atoms with Crippen LogP contribution in [0, 0.1) is 0 Å². The van der Waals surface area contributed by atoms with Crippen molar-refractivity contribution in [2.45, 2.75) is 30.8 Å². The first-order valence-electron chi connectivity index (χ1n) is 6.35. The van der Waals surface area contributed by atoms with Crippen molar-refractivity contribution in [3.63, 3.8) is 0 Å². The molecule has 0 heterocycles. The lowest BCUT2D eigenvalue weighted by atomic mass is 9.75. The van der Waals surface area contributed by atoms with E-state index < -0.39 is 24.6 Å². The van der Waals surface area contributed by atoms with Crippen LogP contribution in [0.2, 0.25) is 0 Å². The number of nitrogens with one attached hydrogen (secondary N) is 1. The molecule has 1 aliphatic rings. The van der Waals surface area contributed by atoms with Gasteiger partial charge in [0.05, 0.1) is 6.61 Å². The van der Waals surface area contributed by atoms with Crippen molar-refractivity contribution in [1.82, 2.24) is 15.1 Å². The molecule has 3 N–H and O–H groups in total. The van der Waals surface area contributed by atoms with Crippen molar-refractivity contribution < 1.29 is 19.8 Å². The summed E-state index contributed by atoms with van der Waals surface area (Å²) in [7, 11) is 5.60. The van der Waals surface area contributed by atoms with Gasteiger partial charge in [0.25, 0.3) is 0 Å². The van der Waals surface area contributed by atoms with Gasteiger partial charge in [0.15, 0.2) is 6.04 Å². The summed E-state index contributed by atoms with van der Waals surface area (Å²) in [6, 6.07) is -1.73. The number of carbonyl (C=O) groups is 2. The lowest BCUT2D eigenvalue weighted by molar-refractivity contribution is -0.140. The van der Waals surface area contributed by atoms with Crippen LogP contribution in [0.5, 0.6) is 0 Å². The molecule has 0 aromatic rings. The lowest BCUT2D eigenvalue weighted by Crippen LogP contribution is -2.59. The highest BCUT2D eigenvalue weighted by Gasteiger charge is 2.40. The number of urea groups is 1. The van der Waals surface area contributed by atoms with Gasteiger partial charge in [0.2, 0.25) is 0 Å². The van der Waals surface area contributed by atoms with E-state index >= 15 is 0 Å². The summed E-state index contributed by atoms with van der Waals surface area (Å²) in [5.74, 6) is -1.24. The van der Waals surface area contributed by atoms with Crippen molar-refractivity contribution in [3.8, 4) is 0 Å². The fourth-order valence-electron chi connectivity index (χ4n) is 2.29. The first kappa shape index (κ1) is 15.7. The maximum Gasteiger partial charge on any atom is 0.328 e. The quantitative estimate of drug-likeness (QED) is 0.610. The molecule has 0 aromatic heterocycles. The van der Waals surface area contributed by atoms with Gasteiger partial charge in [-0.3, -0.25) is 0 Å². The third-order valence-corrected chi connectivity index (χ3v) is 3.89. The van der Waals surface area contributed by atoms with Crippen LogP contribution in [0.1, 0.15) is 19.3 Å².